The number of carbonyl (C=O) groups excluding carboxylic acids is 1. The lowest BCUT2D eigenvalue weighted by Crippen LogP contribution is -2.40. The predicted octanol–water partition coefficient (Wildman–Crippen LogP) is 2.03. The van der Waals surface area contributed by atoms with E-state index >= 15 is 0 Å². The summed E-state index contributed by atoms with van der Waals surface area (Å²) in [4.78, 5) is 11.6. The first-order chi connectivity index (χ1) is 8.81. The van der Waals surface area contributed by atoms with E-state index in [9.17, 15) is 13.2 Å². The number of sulfonamides is 1. The van der Waals surface area contributed by atoms with Crippen LogP contribution in [-0.4, -0.2) is 21.0 Å². The van der Waals surface area contributed by atoms with Crippen molar-refractivity contribution in [1.82, 2.24) is 10.0 Å². The van der Waals surface area contributed by atoms with Crippen molar-refractivity contribution in [2.45, 2.75) is 32.1 Å². The molecule has 0 aliphatic carbocycles. The van der Waals surface area contributed by atoms with E-state index in [4.69, 9.17) is 0 Å². The fourth-order valence-electron chi connectivity index (χ4n) is 1.47. The van der Waals surface area contributed by atoms with Crippen molar-refractivity contribution in [3.05, 3.63) is 29.8 Å². The van der Waals surface area contributed by atoms with Gasteiger partial charge in [-0.1, -0.05) is 26.0 Å². The molecule has 0 bridgehead atoms. The first kappa shape index (κ1) is 15.5. The molecular weight excluding hydrogens is 264 g/mol. The van der Waals surface area contributed by atoms with Crippen LogP contribution in [0, 0.1) is 12.8 Å². The van der Waals surface area contributed by atoms with Crippen molar-refractivity contribution in [1.29, 1.82) is 0 Å². The average molecular weight is 284 g/mol. The molecule has 0 fully saturated rings. The highest BCUT2D eigenvalue weighted by molar-refractivity contribution is 7.90. The van der Waals surface area contributed by atoms with E-state index in [-0.39, 0.29) is 4.90 Å². The molecule has 1 aromatic carbocycles. The molecule has 0 saturated carbocycles. The van der Waals surface area contributed by atoms with E-state index in [1.807, 2.05) is 18.6 Å². The molecule has 5 nitrogen and oxygen atoms in total. The number of nitrogens with one attached hydrogen (secondary N) is 2. The van der Waals surface area contributed by atoms with Crippen LogP contribution in [0.15, 0.2) is 29.2 Å². The fraction of sp³-hybridized carbons (Fsp3) is 0.462. The summed E-state index contributed by atoms with van der Waals surface area (Å²) in [6.45, 7) is 6.31. The maximum atomic E-state index is 11.9. The van der Waals surface area contributed by atoms with Gasteiger partial charge in [0, 0.05) is 6.54 Å². The second-order valence-corrected chi connectivity index (χ2v) is 6.54. The van der Waals surface area contributed by atoms with Crippen LogP contribution < -0.4 is 10.0 Å². The summed E-state index contributed by atoms with van der Waals surface area (Å²) in [6.07, 6.45) is 0.803. The number of amides is 2. The molecule has 0 unspecified atom stereocenters. The molecule has 0 aromatic heterocycles. The molecule has 1 aromatic rings. The summed E-state index contributed by atoms with van der Waals surface area (Å²) in [7, 11) is -3.79. The van der Waals surface area contributed by atoms with Crippen molar-refractivity contribution >= 4 is 16.1 Å². The SMILES string of the molecule is Cc1cccc(S(=O)(=O)NC(=O)NCCC(C)C)c1. The van der Waals surface area contributed by atoms with Gasteiger partial charge in [-0.3, -0.25) is 0 Å². The summed E-state index contributed by atoms with van der Waals surface area (Å²) in [5.74, 6) is 0.452. The van der Waals surface area contributed by atoms with Crippen molar-refractivity contribution in [3.8, 4) is 0 Å². The van der Waals surface area contributed by atoms with Crippen LogP contribution in [0.3, 0.4) is 0 Å². The van der Waals surface area contributed by atoms with E-state index in [0.29, 0.717) is 12.5 Å². The third-order valence-electron chi connectivity index (χ3n) is 2.53. The molecule has 2 N–H and O–H groups in total. The van der Waals surface area contributed by atoms with Gasteiger partial charge in [0.15, 0.2) is 0 Å². The van der Waals surface area contributed by atoms with Crippen molar-refractivity contribution < 1.29 is 13.2 Å². The maximum absolute atomic E-state index is 11.9. The van der Waals surface area contributed by atoms with Gasteiger partial charge in [0.05, 0.1) is 4.90 Å². The molecule has 1 rings (SSSR count). The second-order valence-electron chi connectivity index (χ2n) is 4.86. The summed E-state index contributed by atoms with van der Waals surface area (Å²) in [5, 5.41) is 2.53. The van der Waals surface area contributed by atoms with Gasteiger partial charge in [-0.2, -0.15) is 0 Å². The van der Waals surface area contributed by atoms with Gasteiger partial charge < -0.3 is 5.32 Å². The van der Waals surface area contributed by atoms with E-state index in [0.717, 1.165) is 12.0 Å². The first-order valence-corrected chi connectivity index (χ1v) is 7.67. The first-order valence-electron chi connectivity index (χ1n) is 6.18. The van der Waals surface area contributed by atoms with Crippen LogP contribution in [0.4, 0.5) is 4.79 Å². The predicted molar refractivity (Wildman–Crippen MR) is 74.4 cm³/mol. The largest absolute Gasteiger partial charge is 0.337 e. The van der Waals surface area contributed by atoms with Crippen LogP contribution in [0.5, 0.6) is 0 Å². The Morgan fingerprint density at radius 2 is 2.00 bits per heavy atom. The molecule has 106 valence electrons. The van der Waals surface area contributed by atoms with Crippen LogP contribution in [0.2, 0.25) is 0 Å². The molecule has 0 spiro atoms. The minimum absolute atomic E-state index is 0.0894. The molecular formula is C13H20N2O3S. The molecule has 0 aliphatic heterocycles. The average Bonchev–Trinajstić information content (AvgIpc) is 2.27. The van der Waals surface area contributed by atoms with Crippen LogP contribution in [-0.2, 0) is 10.0 Å². The minimum atomic E-state index is -3.79. The lowest BCUT2D eigenvalue weighted by atomic mass is 10.1. The molecule has 19 heavy (non-hydrogen) atoms. The number of rotatable bonds is 5. The summed E-state index contributed by atoms with van der Waals surface area (Å²) in [6, 6.07) is 5.71. The summed E-state index contributed by atoms with van der Waals surface area (Å²) in [5.41, 5.74) is 0.822. The molecule has 0 saturated heterocycles. The number of benzene rings is 1. The Labute approximate surface area is 114 Å². The van der Waals surface area contributed by atoms with Gasteiger partial charge in [-0.15, -0.1) is 0 Å². The molecule has 2 amide bonds. The smallest absolute Gasteiger partial charge is 0.328 e. The van der Waals surface area contributed by atoms with E-state index < -0.39 is 16.1 Å². The number of urea groups is 1. The number of hydrogen-bond acceptors (Lipinski definition) is 3. The van der Waals surface area contributed by atoms with Gasteiger partial charge in [0.25, 0.3) is 10.0 Å². The van der Waals surface area contributed by atoms with Crippen LogP contribution in [0.1, 0.15) is 25.8 Å². The van der Waals surface area contributed by atoms with Crippen molar-refractivity contribution in [2.75, 3.05) is 6.54 Å². The van der Waals surface area contributed by atoms with Crippen molar-refractivity contribution in [2.24, 2.45) is 5.92 Å². The Morgan fingerprint density at radius 1 is 1.32 bits per heavy atom. The second kappa shape index (κ2) is 6.56. The van der Waals surface area contributed by atoms with Crippen molar-refractivity contribution in [3.63, 3.8) is 0 Å². The third kappa shape index (κ3) is 5.30. The monoisotopic (exact) mass is 284 g/mol. The van der Waals surface area contributed by atoms with E-state index in [1.54, 1.807) is 19.1 Å². The van der Waals surface area contributed by atoms with Gasteiger partial charge in [0.1, 0.15) is 0 Å². The zero-order chi connectivity index (χ0) is 14.5. The Bertz CT molecular complexity index is 539. The highest BCUT2D eigenvalue weighted by Crippen LogP contribution is 2.10. The Morgan fingerprint density at radius 3 is 2.58 bits per heavy atom. The van der Waals surface area contributed by atoms with Crippen LogP contribution >= 0.6 is 0 Å². The number of hydrogen-bond donors (Lipinski definition) is 2. The van der Waals surface area contributed by atoms with Gasteiger partial charge in [-0.05, 0) is 37.0 Å². The molecule has 0 heterocycles. The highest BCUT2D eigenvalue weighted by Gasteiger charge is 2.17. The van der Waals surface area contributed by atoms with Crippen LogP contribution in [0.25, 0.3) is 0 Å². The fourth-order valence-corrected chi connectivity index (χ4v) is 2.51. The quantitative estimate of drug-likeness (QED) is 0.868. The van der Waals surface area contributed by atoms with Gasteiger partial charge in [0.2, 0.25) is 0 Å². The molecule has 6 heteroatoms. The van der Waals surface area contributed by atoms with E-state index in [2.05, 4.69) is 5.32 Å². The normalized spacial score (nSPS) is 11.4. The lowest BCUT2D eigenvalue weighted by molar-refractivity contribution is 0.245. The topological polar surface area (TPSA) is 75.3 Å². The zero-order valence-electron chi connectivity index (χ0n) is 11.4. The standard InChI is InChI=1S/C13H20N2O3S/c1-10(2)7-8-14-13(16)15-19(17,18)12-6-4-5-11(3)9-12/h4-6,9-10H,7-8H2,1-3H3,(H2,14,15,16). The maximum Gasteiger partial charge on any atom is 0.328 e. The Balaban J connectivity index is 2.62. The summed E-state index contributed by atoms with van der Waals surface area (Å²) >= 11 is 0. The number of aryl methyl sites for hydroxylation is 1. The molecule has 0 aliphatic rings. The van der Waals surface area contributed by atoms with E-state index in [1.165, 1.54) is 12.1 Å². The molecule has 0 radical (unpaired) electrons. The number of carbonyl (C=O) groups is 1. The van der Waals surface area contributed by atoms with Gasteiger partial charge >= 0.3 is 6.03 Å². The minimum Gasteiger partial charge on any atom is -0.337 e. The lowest BCUT2D eigenvalue weighted by Gasteiger charge is -2.10. The Kier molecular flexibility index (Phi) is 5.35. The van der Waals surface area contributed by atoms with Gasteiger partial charge in [-0.25, -0.2) is 17.9 Å². The summed E-state index contributed by atoms with van der Waals surface area (Å²) < 4.78 is 25.8. The zero-order valence-corrected chi connectivity index (χ0v) is 12.3. The third-order valence-corrected chi connectivity index (χ3v) is 3.86. The Hall–Kier alpha value is -1.56. The molecule has 0 atom stereocenters. The highest BCUT2D eigenvalue weighted by atomic mass is 32.2.